The number of rotatable bonds is 16. The molecular formula is C21H39O12PS. The molecule has 0 aromatic carbocycles. The van der Waals surface area contributed by atoms with Gasteiger partial charge in [0.1, 0.15) is 43.2 Å². The van der Waals surface area contributed by atoms with Crippen LogP contribution in [0.4, 0.5) is 0 Å². The van der Waals surface area contributed by atoms with Gasteiger partial charge in [0.15, 0.2) is 6.10 Å². The topological polar surface area (TPSA) is 192 Å². The molecule has 3 unspecified atom stereocenters. The van der Waals surface area contributed by atoms with Crippen LogP contribution < -0.4 is 0 Å². The van der Waals surface area contributed by atoms with Crippen LogP contribution in [0.5, 0.6) is 0 Å². The van der Waals surface area contributed by atoms with Gasteiger partial charge in [-0.15, -0.1) is 0 Å². The number of aliphatic hydroxyl groups excluding tert-OH is 5. The van der Waals surface area contributed by atoms with E-state index in [0.717, 1.165) is 25.7 Å². The molecule has 0 aromatic heterocycles. The second kappa shape index (κ2) is 16.2. The summed E-state index contributed by atoms with van der Waals surface area (Å²) in [5, 5.41) is 49.4. The van der Waals surface area contributed by atoms with E-state index < -0.39 is 68.0 Å². The van der Waals surface area contributed by atoms with E-state index >= 15 is 0 Å². The lowest BCUT2D eigenvalue weighted by Crippen LogP contribution is -2.64. The number of ether oxygens (including phenoxy) is 2. The number of hydrogen-bond donors (Lipinski definition) is 6. The number of esters is 2. The number of hydrogen-bond acceptors (Lipinski definition) is 12. The molecule has 14 heteroatoms. The largest absolute Gasteiger partial charge is 0.462 e. The average molecular weight is 547 g/mol. The third kappa shape index (κ3) is 11.5. The number of unbranched alkanes of at least 4 members (excludes halogenated alkanes) is 4. The number of carbonyl (C=O) groups excluding carboxylic acids is 2. The fourth-order valence-electron chi connectivity index (χ4n) is 3.34. The monoisotopic (exact) mass is 546 g/mol. The van der Waals surface area contributed by atoms with Gasteiger partial charge in [0.25, 0.3) is 0 Å². The normalized spacial score (nSPS) is 29.3. The standard InChI is InChI=1S/C21H39O12PS/c1-3-5-7-9-14(22)30-11-13(32-15(23)10-8-6-4-2)12-31-34(29,35)33-21-19(27)17(25)16(24)18(26)20(21)28/h13,16-21,24-28H,3-12H2,1-2H3,(H,29,35)/t13-,16?,17-,18+,19-,20-,21?,34?/m1/s1. The first kappa shape index (κ1) is 32.3. The molecule has 0 spiro atoms. The van der Waals surface area contributed by atoms with E-state index in [4.69, 9.17) is 30.3 Å². The molecule has 0 aliphatic heterocycles. The smallest absolute Gasteiger partial charge is 0.325 e. The predicted octanol–water partition coefficient (Wildman–Crippen LogP) is 0.0387. The molecular weight excluding hydrogens is 507 g/mol. The van der Waals surface area contributed by atoms with Crippen molar-refractivity contribution in [2.24, 2.45) is 0 Å². The molecule has 1 aliphatic rings. The first-order chi connectivity index (χ1) is 16.4. The molecule has 1 rings (SSSR count). The molecule has 8 atom stereocenters. The molecule has 206 valence electrons. The Morgan fingerprint density at radius 3 is 1.80 bits per heavy atom. The Balaban J connectivity index is 2.74. The highest BCUT2D eigenvalue weighted by molar-refractivity contribution is 8.07. The van der Waals surface area contributed by atoms with Gasteiger partial charge in [0.2, 0.25) is 0 Å². The molecule has 1 fully saturated rings. The second-order valence-corrected chi connectivity index (χ2v) is 11.3. The van der Waals surface area contributed by atoms with Crippen LogP contribution in [0.3, 0.4) is 0 Å². The van der Waals surface area contributed by atoms with E-state index in [9.17, 15) is 40.0 Å². The van der Waals surface area contributed by atoms with E-state index in [1.54, 1.807) is 0 Å². The van der Waals surface area contributed by atoms with Gasteiger partial charge in [0.05, 0.1) is 6.61 Å². The maximum absolute atomic E-state index is 12.1. The van der Waals surface area contributed by atoms with Crippen molar-refractivity contribution in [1.29, 1.82) is 0 Å². The third-order valence-electron chi connectivity index (χ3n) is 5.45. The van der Waals surface area contributed by atoms with Crippen LogP contribution >= 0.6 is 6.72 Å². The Labute approximate surface area is 210 Å². The zero-order valence-electron chi connectivity index (χ0n) is 20.1. The molecule has 0 amide bonds. The molecule has 0 heterocycles. The highest BCUT2D eigenvalue weighted by Gasteiger charge is 2.50. The summed E-state index contributed by atoms with van der Waals surface area (Å²) in [6.45, 7) is -1.13. The van der Waals surface area contributed by atoms with E-state index in [0.29, 0.717) is 12.8 Å². The molecule has 0 radical (unpaired) electrons. The van der Waals surface area contributed by atoms with Crippen molar-refractivity contribution in [2.75, 3.05) is 13.2 Å². The van der Waals surface area contributed by atoms with Crippen molar-refractivity contribution in [2.45, 2.75) is 108 Å². The summed E-state index contributed by atoms with van der Waals surface area (Å²) >= 11 is 4.89. The average Bonchev–Trinajstić information content (AvgIpc) is 2.81. The van der Waals surface area contributed by atoms with Crippen LogP contribution in [0.25, 0.3) is 0 Å². The first-order valence-electron chi connectivity index (χ1n) is 11.8. The summed E-state index contributed by atoms with van der Waals surface area (Å²) in [6.07, 6.45) is -7.17. The lowest BCUT2D eigenvalue weighted by atomic mass is 9.85. The molecule has 0 aromatic rings. The highest BCUT2D eigenvalue weighted by atomic mass is 32.5. The Morgan fingerprint density at radius 1 is 0.800 bits per heavy atom. The Bertz CT molecular complexity index is 679. The van der Waals surface area contributed by atoms with Crippen molar-refractivity contribution >= 4 is 30.5 Å². The van der Waals surface area contributed by atoms with Gasteiger partial charge in [0, 0.05) is 12.8 Å². The van der Waals surface area contributed by atoms with Crippen LogP contribution in [0.1, 0.15) is 65.2 Å². The highest BCUT2D eigenvalue weighted by Crippen LogP contribution is 2.47. The van der Waals surface area contributed by atoms with Crippen molar-refractivity contribution in [1.82, 2.24) is 0 Å². The number of aliphatic hydroxyl groups is 5. The van der Waals surface area contributed by atoms with Crippen LogP contribution in [0.15, 0.2) is 0 Å². The summed E-state index contributed by atoms with van der Waals surface area (Å²) in [5.41, 5.74) is 0. The summed E-state index contributed by atoms with van der Waals surface area (Å²) in [5.74, 6) is -1.04. The van der Waals surface area contributed by atoms with Crippen molar-refractivity contribution < 1.29 is 58.5 Å². The van der Waals surface area contributed by atoms with Gasteiger partial charge < -0.3 is 44.4 Å². The Kier molecular flexibility index (Phi) is 14.9. The molecule has 0 bridgehead atoms. The Hall–Kier alpha value is -0.730. The fourth-order valence-corrected chi connectivity index (χ4v) is 4.79. The predicted molar refractivity (Wildman–Crippen MR) is 126 cm³/mol. The lowest BCUT2D eigenvalue weighted by Gasteiger charge is -2.42. The van der Waals surface area contributed by atoms with Crippen LogP contribution in [0, 0.1) is 0 Å². The molecule has 0 saturated heterocycles. The minimum atomic E-state index is -4.22. The maximum Gasteiger partial charge on any atom is 0.325 e. The summed E-state index contributed by atoms with van der Waals surface area (Å²) in [4.78, 5) is 34.5. The van der Waals surface area contributed by atoms with E-state index in [1.807, 2.05) is 13.8 Å². The maximum atomic E-state index is 12.1. The first-order valence-corrected chi connectivity index (χ1v) is 14.4. The number of carbonyl (C=O) groups is 2. The second-order valence-electron chi connectivity index (χ2n) is 8.50. The quantitative estimate of drug-likeness (QED) is 0.0864. The van der Waals surface area contributed by atoms with E-state index in [1.165, 1.54) is 0 Å². The molecule has 1 saturated carbocycles. The Morgan fingerprint density at radius 2 is 1.29 bits per heavy atom. The van der Waals surface area contributed by atoms with E-state index in [-0.39, 0.29) is 19.4 Å². The van der Waals surface area contributed by atoms with Crippen LogP contribution in [-0.2, 0) is 39.9 Å². The SMILES string of the molecule is CCCCCC(=O)OC[C@H](COP(O)(=S)OC1[C@H](O)[C@H](O)C(O)[C@H](O)[C@H]1O)OC(=O)CCCCC. The van der Waals surface area contributed by atoms with Gasteiger partial charge in [-0.25, -0.2) is 0 Å². The van der Waals surface area contributed by atoms with Gasteiger partial charge >= 0.3 is 18.7 Å². The van der Waals surface area contributed by atoms with Gasteiger partial charge in [-0.3, -0.25) is 14.1 Å². The minimum Gasteiger partial charge on any atom is -0.462 e. The fraction of sp³-hybridized carbons (Fsp3) is 0.905. The zero-order valence-corrected chi connectivity index (χ0v) is 21.8. The van der Waals surface area contributed by atoms with Crippen molar-refractivity contribution in [3.8, 4) is 0 Å². The summed E-state index contributed by atoms with van der Waals surface area (Å²) < 4.78 is 20.7. The summed E-state index contributed by atoms with van der Waals surface area (Å²) in [6, 6.07) is 0. The summed E-state index contributed by atoms with van der Waals surface area (Å²) in [7, 11) is 0. The minimum absolute atomic E-state index is 0.136. The van der Waals surface area contributed by atoms with Gasteiger partial charge in [-0.05, 0) is 24.6 Å². The third-order valence-corrected chi connectivity index (χ3v) is 7.01. The van der Waals surface area contributed by atoms with E-state index in [2.05, 4.69) is 0 Å². The van der Waals surface area contributed by atoms with Crippen molar-refractivity contribution in [3.05, 3.63) is 0 Å². The van der Waals surface area contributed by atoms with Gasteiger partial charge in [-0.1, -0.05) is 39.5 Å². The molecule has 6 N–H and O–H groups in total. The lowest BCUT2D eigenvalue weighted by molar-refractivity contribution is -0.218. The van der Waals surface area contributed by atoms with Crippen LogP contribution in [-0.4, -0.2) is 98.3 Å². The molecule has 1 aliphatic carbocycles. The molecule has 35 heavy (non-hydrogen) atoms. The zero-order chi connectivity index (χ0) is 26.6. The van der Waals surface area contributed by atoms with Gasteiger partial charge in [-0.2, -0.15) is 0 Å². The van der Waals surface area contributed by atoms with Crippen molar-refractivity contribution in [3.63, 3.8) is 0 Å². The molecule has 12 nitrogen and oxygen atoms in total. The van der Waals surface area contributed by atoms with Crippen LogP contribution in [0.2, 0.25) is 0 Å².